The molecule has 0 aliphatic rings. The van der Waals surface area contributed by atoms with E-state index < -0.39 is 11.9 Å². The molecule has 0 atom stereocenters. The van der Waals surface area contributed by atoms with E-state index in [4.69, 9.17) is 9.94 Å². The second-order valence-corrected chi connectivity index (χ2v) is 7.49. The van der Waals surface area contributed by atoms with Crippen LogP contribution in [0, 0.1) is 6.92 Å². The fourth-order valence-corrected chi connectivity index (χ4v) is 3.07. The van der Waals surface area contributed by atoms with Crippen LogP contribution in [0.25, 0.3) is 0 Å². The van der Waals surface area contributed by atoms with Crippen molar-refractivity contribution in [2.24, 2.45) is 5.16 Å². The number of unbranched alkanes of at least 4 members (excludes halogenated alkanes) is 8. The topological polar surface area (TPSA) is 96.2 Å². The maximum atomic E-state index is 11.7. The molecule has 0 spiro atoms. The molecule has 0 aliphatic heterocycles. The lowest BCUT2D eigenvalue weighted by Crippen LogP contribution is -2.08. The minimum Gasteiger partial charge on any atom is -0.507 e. The van der Waals surface area contributed by atoms with Crippen molar-refractivity contribution in [3.05, 3.63) is 29.3 Å². The van der Waals surface area contributed by atoms with Gasteiger partial charge in [0.05, 0.1) is 18.6 Å². The monoisotopic (exact) mass is 405 g/mol. The fraction of sp³-hybridized carbons (Fsp3) is 0.609. The van der Waals surface area contributed by atoms with Crippen LogP contribution in [0.2, 0.25) is 0 Å². The molecule has 162 valence electrons. The number of aromatic hydroxyl groups is 1. The SMILES string of the molecule is CCCCCCCCCCCC(=NOC(=O)CCC(=O)O)c1cc(C)ccc1O. The average Bonchev–Trinajstić information content (AvgIpc) is 2.69. The number of carbonyl (C=O) groups excluding carboxylic acids is 1. The Labute approximate surface area is 174 Å². The van der Waals surface area contributed by atoms with E-state index in [9.17, 15) is 14.7 Å². The van der Waals surface area contributed by atoms with E-state index in [-0.39, 0.29) is 18.6 Å². The molecule has 0 aliphatic carbocycles. The number of rotatable bonds is 15. The number of hydrogen-bond acceptors (Lipinski definition) is 5. The number of carbonyl (C=O) groups is 2. The quantitative estimate of drug-likeness (QED) is 0.168. The summed E-state index contributed by atoms with van der Waals surface area (Å²) in [5.41, 5.74) is 2.03. The zero-order valence-corrected chi connectivity index (χ0v) is 17.8. The van der Waals surface area contributed by atoms with Gasteiger partial charge in [-0.1, -0.05) is 75.1 Å². The van der Waals surface area contributed by atoms with Crippen molar-refractivity contribution in [2.75, 3.05) is 0 Å². The minimum absolute atomic E-state index is 0.0897. The lowest BCUT2D eigenvalue weighted by molar-refractivity contribution is -0.147. The summed E-state index contributed by atoms with van der Waals surface area (Å²) in [5.74, 6) is -1.66. The van der Waals surface area contributed by atoms with Crippen LogP contribution < -0.4 is 0 Å². The van der Waals surface area contributed by atoms with Crippen molar-refractivity contribution in [1.82, 2.24) is 0 Å². The Bertz CT molecular complexity index is 669. The molecule has 0 saturated heterocycles. The van der Waals surface area contributed by atoms with Crippen LogP contribution in [0.3, 0.4) is 0 Å². The Hall–Kier alpha value is -2.37. The number of oxime groups is 1. The van der Waals surface area contributed by atoms with Gasteiger partial charge in [0.15, 0.2) is 0 Å². The Morgan fingerprint density at radius 2 is 1.55 bits per heavy atom. The molecule has 0 amide bonds. The molecule has 1 rings (SSSR count). The van der Waals surface area contributed by atoms with Crippen molar-refractivity contribution < 1.29 is 24.6 Å². The molecular formula is C23H35NO5. The standard InChI is InChI=1S/C23H35NO5/c1-3-4-5-6-7-8-9-10-11-12-20(19-17-18(2)13-14-21(19)25)24-29-23(28)16-15-22(26)27/h13-14,17,25H,3-12,15-16H2,1-2H3,(H,26,27). The molecule has 6 heteroatoms. The van der Waals surface area contributed by atoms with Gasteiger partial charge in [-0.25, -0.2) is 4.79 Å². The average molecular weight is 406 g/mol. The van der Waals surface area contributed by atoms with Gasteiger partial charge in [0, 0.05) is 5.56 Å². The van der Waals surface area contributed by atoms with E-state index in [1.165, 1.54) is 38.5 Å². The molecule has 0 fully saturated rings. The Balaban J connectivity index is 2.58. The normalized spacial score (nSPS) is 11.4. The highest BCUT2D eigenvalue weighted by Gasteiger charge is 2.13. The summed E-state index contributed by atoms with van der Waals surface area (Å²) in [5, 5.41) is 22.8. The molecule has 0 aromatic heterocycles. The molecule has 29 heavy (non-hydrogen) atoms. The van der Waals surface area contributed by atoms with Crippen molar-refractivity contribution >= 4 is 17.7 Å². The summed E-state index contributed by atoms with van der Waals surface area (Å²) in [6.45, 7) is 4.13. The molecule has 0 heterocycles. The zero-order valence-electron chi connectivity index (χ0n) is 17.8. The first-order valence-electron chi connectivity index (χ1n) is 10.7. The highest BCUT2D eigenvalue weighted by Crippen LogP contribution is 2.22. The first kappa shape index (κ1) is 24.7. The van der Waals surface area contributed by atoms with Gasteiger partial charge in [-0.3, -0.25) is 4.79 Å². The van der Waals surface area contributed by atoms with Crippen molar-refractivity contribution in [2.45, 2.75) is 90.9 Å². The molecule has 1 aromatic rings. The predicted molar refractivity (Wildman–Crippen MR) is 114 cm³/mol. The second kappa shape index (κ2) is 14.6. The van der Waals surface area contributed by atoms with E-state index in [0.29, 0.717) is 17.7 Å². The largest absolute Gasteiger partial charge is 0.507 e. The number of aryl methyl sites for hydroxylation is 1. The van der Waals surface area contributed by atoms with Crippen LogP contribution in [0.5, 0.6) is 5.75 Å². The van der Waals surface area contributed by atoms with Crippen LogP contribution in [-0.4, -0.2) is 27.9 Å². The summed E-state index contributed by atoms with van der Waals surface area (Å²) in [4.78, 5) is 27.2. The van der Waals surface area contributed by atoms with Gasteiger partial charge in [0.1, 0.15) is 5.75 Å². The number of nitrogens with zero attached hydrogens (tertiary/aromatic N) is 1. The van der Waals surface area contributed by atoms with Crippen LogP contribution in [0.4, 0.5) is 0 Å². The maximum absolute atomic E-state index is 11.7. The number of phenolic OH excluding ortho intramolecular Hbond substituents is 1. The Morgan fingerprint density at radius 3 is 2.17 bits per heavy atom. The smallest absolute Gasteiger partial charge is 0.335 e. The molecule has 0 bridgehead atoms. The van der Waals surface area contributed by atoms with E-state index in [0.717, 1.165) is 24.8 Å². The Kier molecular flexibility index (Phi) is 12.4. The van der Waals surface area contributed by atoms with Crippen LogP contribution in [0.15, 0.2) is 23.4 Å². The molecular weight excluding hydrogens is 370 g/mol. The van der Waals surface area contributed by atoms with E-state index in [2.05, 4.69) is 12.1 Å². The Morgan fingerprint density at radius 1 is 0.931 bits per heavy atom. The van der Waals surface area contributed by atoms with Gasteiger partial charge in [-0.05, 0) is 31.9 Å². The van der Waals surface area contributed by atoms with E-state index in [1.807, 2.05) is 13.0 Å². The number of phenols is 1. The van der Waals surface area contributed by atoms with Crippen molar-refractivity contribution in [1.29, 1.82) is 0 Å². The number of hydrogen-bond donors (Lipinski definition) is 2. The second-order valence-electron chi connectivity index (χ2n) is 7.49. The summed E-state index contributed by atoms with van der Waals surface area (Å²) in [6, 6.07) is 5.21. The zero-order chi connectivity index (χ0) is 21.5. The van der Waals surface area contributed by atoms with Gasteiger partial charge in [-0.15, -0.1) is 0 Å². The molecule has 6 nitrogen and oxygen atoms in total. The van der Waals surface area contributed by atoms with Crippen LogP contribution in [-0.2, 0) is 14.4 Å². The summed E-state index contributed by atoms with van der Waals surface area (Å²) in [7, 11) is 0. The molecule has 0 unspecified atom stereocenters. The van der Waals surface area contributed by atoms with Gasteiger partial charge < -0.3 is 15.1 Å². The maximum Gasteiger partial charge on any atom is 0.335 e. The van der Waals surface area contributed by atoms with Gasteiger partial charge in [0.2, 0.25) is 0 Å². The number of benzene rings is 1. The number of aliphatic carboxylic acids is 1. The highest BCUT2D eigenvalue weighted by molar-refractivity contribution is 6.02. The first-order chi connectivity index (χ1) is 13.9. The van der Waals surface area contributed by atoms with Gasteiger partial charge >= 0.3 is 11.9 Å². The van der Waals surface area contributed by atoms with Crippen LogP contribution in [0.1, 0.15) is 95.1 Å². The lowest BCUT2D eigenvalue weighted by Gasteiger charge is -2.10. The number of carboxylic acids is 1. The highest BCUT2D eigenvalue weighted by atomic mass is 16.7. The fourth-order valence-electron chi connectivity index (χ4n) is 3.07. The third kappa shape index (κ3) is 11.3. The van der Waals surface area contributed by atoms with Gasteiger partial charge in [0.25, 0.3) is 0 Å². The van der Waals surface area contributed by atoms with E-state index >= 15 is 0 Å². The molecule has 1 aromatic carbocycles. The predicted octanol–water partition coefficient (Wildman–Crippen LogP) is 5.73. The summed E-state index contributed by atoms with van der Waals surface area (Å²) in [6.07, 6.45) is 10.8. The molecule has 0 radical (unpaired) electrons. The molecule has 0 saturated carbocycles. The van der Waals surface area contributed by atoms with Crippen LogP contribution >= 0.6 is 0 Å². The third-order valence-electron chi connectivity index (χ3n) is 4.78. The lowest BCUT2D eigenvalue weighted by atomic mass is 10.00. The van der Waals surface area contributed by atoms with Gasteiger partial charge in [-0.2, -0.15) is 0 Å². The third-order valence-corrected chi connectivity index (χ3v) is 4.78. The number of carboxylic acid groups (broad SMARTS) is 1. The summed E-state index contributed by atoms with van der Waals surface area (Å²) >= 11 is 0. The van der Waals surface area contributed by atoms with Crippen molar-refractivity contribution in [3.8, 4) is 5.75 Å². The summed E-state index contributed by atoms with van der Waals surface area (Å²) < 4.78 is 0. The first-order valence-corrected chi connectivity index (χ1v) is 10.7. The minimum atomic E-state index is -1.06. The van der Waals surface area contributed by atoms with Crippen molar-refractivity contribution in [3.63, 3.8) is 0 Å². The molecule has 2 N–H and O–H groups in total. The van der Waals surface area contributed by atoms with E-state index in [1.54, 1.807) is 12.1 Å².